The Morgan fingerprint density at radius 3 is 2.50 bits per heavy atom. The molecule has 0 bridgehead atoms. The van der Waals surface area contributed by atoms with Gasteiger partial charge in [0.1, 0.15) is 6.17 Å². The van der Waals surface area contributed by atoms with Crippen LogP contribution in [0.25, 0.3) is 0 Å². The Hall–Kier alpha value is 0.0400. The van der Waals surface area contributed by atoms with Crippen molar-refractivity contribution in [3.8, 4) is 0 Å². The molecule has 0 amide bonds. The van der Waals surface area contributed by atoms with E-state index in [1.165, 1.54) is 0 Å². The Labute approximate surface area is 58.3 Å². The maximum atomic E-state index is 12.2. The van der Waals surface area contributed by atoms with Gasteiger partial charge in [-0.25, -0.2) is 8.96 Å². The maximum absolute atomic E-state index is 12.2. The van der Waals surface area contributed by atoms with E-state index < -0.39 is 20.6 Å². The van der Waals surface area contributed by atoms with Crippen LogP contribution in [0.3, 0.4) is 0 Å². The van der Waals surface area contributed by atoms with Crippen LogP contribution < -0.4 is 0 Å². The van der Waals surface area contributed by atoms with Gasteiger partial charge in [-0.3, -0.25) is 4.52 Å². The Kier molecular flexibility index (Phi) is 4.05. The SMILES string of the molecule is CCC(F)COP(=O)(O)O. The molecule has 0 spiro atoms. The molecule has 0 saturated carbocycles. The number of rotatable bonds is 4. The molecule has 2 N–H and O–H groups in total. The first-order valence-electron chi connectivity index (χ1n) is 2.80. The summed E-state index contributed by atoms with van der Waals surface area (Å²) >= 11 is 0. The van der Waals surface area contributed by atoms with Gasteiger partial charge in [-0.1, -0.05) is 6.92 Å². The minimum absolute atomic E-state index is 0.194. The Bertz CT molecular complexity index is 133. The maximum Gasteiger partial charge on any atom is 0.469 e. The molecule has 0 fully saturated rings. The molecule has 0 heterocycles. The van der Waals surface area contributed by atoms with Crippen LogP contribution in [0.4, 0.5) is 4.39 Å². The summed E-state index contributed by atoms with van der Waals surface area (Å²) in [6, 6.07) is 0. The van der Waals surface area contributed by atoms with Gasteiger partial charge in [0.05, 0.1) is 6.61 Å². The van der Waals surface area contributed by atoms with Crippen LogP contribution in [0, 0.1) is 0 Å². The lowest BCUT2D eigenvalue weighted by molar-refractivity contribution is 0.141. The zero-order chi connectivity index (χ0) is 8.20. The highest BCUT2D eigenvalue weighted by molar-refractivity contribution is 7.46. The third-order valence-corrected chi connectivity index (χ3v) is 1.35. The highest BCUT2D eigenvalue weighted by Crippen LogP contribution is 2.35. The van der Waals surface area contributed by atoms with E-state index in [9.17, 15) is 8.96 Å². The van der Waals surface area contributed by atoms with E-state index in [1.54, 1.807) is 6.92 Å². The van der Waals surface area contributed by atoms with Gasteiger partial charge in [0.15, 0.2) is 0 Å². The topological polar surface area (TPSA) is 66.8 Å². The van der Waals surface area contributed by atoms with Gasteiger partial charge >= 0.3 is 7.82 Å². The molecule has 1 unspecified atom stereocenters. The van der Waals surface area contributed by atoms with E-state index in [0.29, 0.717) is 0 Å². The third kappa shape index (κ3) is 6.16. The van der Waals surface area contributed by atoms with Gasteiger partial charge in [-0.05, 0) is 6.42 Å². The summed E-state index contributed by atoms with van der Waals surface area (Å²) in [4.78, 5) is 16.2. The number of phosphoric acid groups is 1. The highest BCUT2D eigenvalue weighted by Gasteiger charge is 2.16. The van der Waals surface area contributed by atoms with E-state index in [1.807, 2.05) is 0 Å². The first kappa shape index (κ1) is 10.0. The van der Waals surface area contributed by atoms with Gasteiger partial charge in [0.2, 0.25) is 0 Å². The van der Waals surface area contributed by atoms with Crippen LogP contribution in [0.2, 0.25) is 0 Å². The number of hydrogen-bond acceptors (Lipinski definition) is 2. The molecule has 0 aliphatic heterocycles. The van der Waals surface area contributed by atoms with E-state index in [2.05, 4.69) is 4.52 Å². The summed E-state index contributed by atoms with van der Waals surface area (Å²) in [6.07, 6.45) is -1.10. The fraction of sp³-hybridized carbons (Fsp3) is 1.00. The van der Waals surface area contributed by atoms with Crippen molar-refractivity contribution in [2.24, 2.45) is 0 Å². The predicted octanol–water partition coefficient (Wildman–Crippen LogP) is 0.844. The molecule has 0 saturated heterocycles. The van der Waals surface area contributed by atoms with Crippen molar-refractivity contribution < 1.29 is 23.3 Å². The molecule has 0 aliphatic carbocycles. The van der Waals surface area contributed by atoms with Gasteiger partial charge in [0.25, 0.3) is 0 Å². The fourth-order valence-corrected chi connectivity index (χ4v) is 0.652. The van der Waals surface area contributed by atoms with Gasteiger partial charge in [0, 0.05) is 0 Å². The third-order valence-electron chi connectivity index (χ3n) is 0.867. The summed E-state index contributed by atoms with van der Waals surface area (Å²) in [5, 5.41) is 0. The van der Waals surface area contributed by atoms with Crippen molar-refractivity contribution >= 4 is 7.82 Å². The lowest BCUT2D eigenvalue weighted by atomic mass is 10.3. The van der Waals surface area contributed by atoms with E-state index in [-0.39, 0.29) is 6.42 Å². The molecule has 0 radical (unpaired) electrons. The summed E-state index contributed by atoms with van der Waals surface area (Å²) in [5.41, 5.74) is 0. The zero-order valence-corrected chi connectivity index (χ0v) is 6.42. The fourth-order valence-electron chi connectivity index (χ4n) is 0.296. The molecular weight excluding hydrogens is 162 g/mol. The van der Waals surface area contributed by atoms with Crippen molar-refractivity contribution in [1.82, 2.24) is 0 Å². The molecule has 0 rings (SSSR count). The van der Waals surface area contributed by atoms with Crippen molar-refractivity contribution in [2.45, 2.75) is 19.5 Å². The molecule has 62 valence electrons. The molecule has 0 aromatic heterocycles. The predicted molar refractivity (Wildman–Crippen MR) is 33.2 cm³/mol. The van der Waals surface area contributed by atoms with Crippen LogP contribution in [0.5, 0.6) is 0 Å². The summed E-state index contributed by atoms with van der Waals surface area (Å²) in [7, 11) is -4.47. The second-order valence-electron chi connectivity index (χ2n) is 1.79. The normalized spacial score (nSPS) is 15.2. The minimum Gasteiger partial charge on any atom is -0.303 e. The van der Waals surface area contributed by atoms with Crippen LogP contribution in [-0.4, -0.2) is 22.6 Å². The van der Waals surface area contributed by atoms with E-state index in [4.69, 9.17) is 9.79 Å². The molecule has 10 heavy (non-hydrogen) atoms. The lowest BCUT2D eigenvalue weighted by Crippen LogP contribution is -2.07. The monoisotopic (exact) mass is 172 g/mol. The Morgan fingerprint density at radius 1 is 1.70 bits per heavy atom. The van der Waals surface area contributed by atoms with Crippen molar-refractivity contribution in [3.63, 3.8) is 0 Å². The van der Waals surface area contributed by atoms with Gasteiger partial charge < -0.3 is 9.79 Å². The summed E-state index contributed by atoms with van der Waals surface area (Å²) < 4.78 is 26.0. The van der Waals surface area contributed by atoms with Gasteiger partial charge in [-0.2, -0.15) is 0 Å². The molecule has 6 heteroatoms. The quantitative estimate of drug-likeness (QED) is 0.616. The van der Waals surface area contributed by atoms with Crippen molar-refractivity contribution in [2.75, 3.05) is 6.61 Å². The van der Waals surface area contributed by atoms with E-state index >= 15 is 0 Å². The van der Waals surface area contributed by atoms with Crippen molar-refractivity contribution in [3.05, 3.63) is 0 Å². The Morgan fingerprint density at radius 2 is 2.20 bits per heavy atom. The number of hydrogen-bond donors (Lipinski definition) is 2. The minimum atomic E-state index is -4.47. The van der Waals surface area contributed by atoms with E-state index in [0.717, 1.165) is 0 Å². The van der Waals surface area contributed by atoms with Crippen LogP contribution in [0.1, 0.15) is 13.3 Å². The number of phosphoric ester groups is 1. The second-order valence-corrected chi connectivity index (χ2v) is 3.03. The van der Waals surface area contributed by atoms with Crippen LogP contribution in [0.15, 0.2) is 0 Å². The molecule has 1 atom stereocenters. The average Bonchev–Trinajstić information content (AvgIpc) is 1.81. The summed E-state index contributed by atoms with van der Waals surface area (Å²) in [6.45, 7) is 1.02. The molecular formula is C4H10FO4P. The standard InChI is InChI=1S/C4H10FO4P/c1-2-4(5)3-9-10(6,7)8/h4H,2-3H2,1H3,(H2,6,7,8). The lowest BCUT2D eigenvalue weighted by Gasteiger charge is -2.06. The molecule has 4 nitrogen and oxygen atoms in total. The second kappa shape index (κ2) is 4.03. The molecule has 0 aromatic rings. The Balaban J connectivity index is 3.46. The smallest absolute Gasteiger partial charge is 0.303 e. The largest absolute Gasteiger partial charge is 0.469 e. The van der Waals surface area contributed by atoms with Crippen molar-refractivity contribution in [1.29, 1.82) is 0 Å². The zero-order valence-electron chi connectivity index (χ0n) is 5.53. The van der Waals surface area contributed by atoms with Gasteiger partial charge in [-0.15, -0.1) is 0 Å². The first-order chi connectivity index (χ1) is 4.45. The first-order valence-corrected chi connectivity index (χ1v) is 4.33. The molecule has 0 aromatic carbocycles. The average molecular weight is 172 g/mol. The van der Waals surface area contributed by atoms with Crippen LogP contribution >= 0.6 is 7.82 Å². The van der Waals surface area contributed by atoms with Crippen LogP contribution in [-0.2, 0) is 9.09 Å². The highest BCUT2D eigenvalue weighted by atomic mass is 31.2. The number of halogens is 1. The molecule has 0 aliphatic rings. The number of alkyl halides is 1. The summed E-state index contributed by atoms with van der Waals surface area (Å²) in [5.74, 6) is 0.